The number of benzene rings is 1. The van der Waals surface area contributed by atoms with Gasteiger partial charge < -0.3 is 5.32 Å². The van der Waals surface area contributed by atoms with Crippen LogP contribution in [0.25, 0.3) is 0 Å². The first-order chi connectivity index (χ1) is 10.0. The van der Waals surface area contributed by atoms with Gasteiger partial charge in [0, 0.05) is 10.9 Å². The summed E-state index contributed by atoms with van der Waals surface area (Å²) in [6.07, 6.45) is 3.26. The lowest BCUT2D eigenvalue weighted by atomic mass is 9.80. The van der Waals surface area contributed by atoms with E-state index in [2.05, 4.69) is 26.1 Å². The van der Waals surface area contributed by atoms with E-state index in [9.17, 15) is 8.60 Å². The summed E-state index contributed by atoms with van der Waals surface area (Å²) in [5.41, 5.74) is 0. The predicted octanol–water partition coefficient (Wildman–Crippen LogP) is 3.74. The molecule has 2 rings (SSSR count). The molecule has 5 unspecified atom stereocenters. The topological polar surface area (TPSA) is 29.1 Å². The number of nitrogens with one attached hydrogen (secondary N) is 1. The first kappa shape index (κ1) is 16.6. The third kappa shape index (κ3) is 4.13. The van der Waals surface area contributed by atoms with Crippen molar-refractivity contribution in [1.29, 1.82) is 0 Å². The Morgan fingerprint density at radius 2 is 1.90 bits per heavy atom. The molecule has 0 amide bonds. The van der Waals surface area contributed by atoms with Crippen LogP contribution in [0.1, 0.15) is 40.0 Å². The normalized spacial score (nSPS) is 31.0. The van der Waals surface area contributed by atoms with Crippen LogP contribution in [0, 0.1) is 17.7 Å². The van der Waals surface area contributed by atoms with Gasteiger partial charge in [-0.1, -0.05) is 20.8 Å². The van der Waals surface area contributed by atoms with E-state index in [1.54, 1.807) is 12.1 Å². The molecule has 118 valence electrons. The third-order valence-corrected chi connectivity index (χ3v) is 6.36. The van der Waals surface area contributed by atoms with Crippen molar-refractivity contribution in [3.63, 3.8) is 0 Å². The Morgan fingerprint density at radius 3 is 2.52 bits per heavy atom. The van der Waals surface area contributed by atoms with Gasteiger partial charge in [-0.3, -0.25) is 4.21 Å². The molecular formula is C17H26FNOS. The van der Waals surface area contributed by atoms with Gasteiger partial charge in [-0.2, -0.15) is 0 Å². The molecule has 0 radical (unpaired) electrons. The summed E-state index contributed by atoms with van der Waals surface area (Å²) >= 11 is 0. The Balaban J connectivity index is 2.19. The molecule has 1 saturated carbocycles. The van der Waals surface area contributed by atoms with Crippen LogP contribution >= 0.6 is 0 Å². The maximum atomic E-state index is 13.1. The first-order valence-corrected chi connectivity index (χ1v) is 9.13. The zero-order valence-corrected chi connectivity index (χ0v) is 14.0. The summed E-state index contributed by atoms with van der Waals surface area (Å²) in [5.74, 6) is 0.798. The monoisotopic (exact) mass is 311 g/mol. The minimum Gasteiger partial charge on any atom is -0.313 e. The second-order valence-corrected chi connectivity index (χ2v) is 7.94. The number of rotatable bonds is 5. The quantitative estimate of drug-likeness (QED) is 0.897. The second kappa shape index (κ2) is 7.50. The maximum absolute atomic E-state index is 13.1. The highest BCUT2D eigenvalue weighted by molar-refractivity contribution is 7.85. The van der Waals surface area contributed by atoms with Crippen molar-refractivity contribution in [1.82, 2.24) is 5.32 Å². The molecule has 0 spiro atoms. The lowest BCUT2D eigenvalue weighted by Crippen LogP contribution is -2.50. The smallest absolute Gasteiger partial charge is 0.123 e. The fraction of sp³-hybridized carbons (Fsp3) is 0.647. The Labute approximate surface area is 130 Å². The van der Waals surface area contributed by atoms with Crippen molar-refractivity contribution in [2.75, 3.05) is 6.54 Å². The predicted molar refractivity (Wildman–Crippen MR) is 86.2 cm³/mol. The zero-order chi connectivity index (χ0) is 15.4. The average molecular weight is 311 g/mol. The van der Waals surface area contributed by atoms with E-state index >= 15 is 0 Å². The van der Waals surface area contributed by atoms with Crippen molar-refractivity contribution in [3.05, 3.63) is 30.1 Å². The molecule has 2 nitrogen and oxygen atoms in total. The third-order valence-electron chi connectivity index (χ3n) is 4.34. The Morgan fingerprint density at radius 1 is 1.24 bits per heavy atom. The molecule has 0 saturated heterocycles. The van der Waals surface area contributed by atoms with Gasteiger partial charge in [-0.15, -0.1) is 0 Å². The van der Waals surface area contributed by atoms with Crippen molar-refractivity contribution in [2.24, 2.45) is 11.8 Å². The molecule has 1 aromatic rings. The van der Waals surface area contributed by atoms with Crippen molar-refractivity contribution in [3.8, 4) is 0 Å². The summed E-state index contributed by atoms with van der Waals surface area (Å²) in [4.78, 5) is 0.742. The van der Waals surface area contributed by atoms with Gasteiger partial charge >= 0.3 is 0 Å². The number of hydrogen-bond acceptors (Lipinski definition) is 2. The van der Waals surface area contributed by atoms with E-state index in [4.69, 9.17) is 0 Å². The van der Waals surface area contributed by atoms with Gasteiger partial charge in [-0.25, -0.2) is 4.39 Å². The van der Waals surface area contributed by atoms with E-state index in [0.29, 0.717) is 11.8 Å². The van der Waals surface area contributed by atoms with Gasteiger partial charge in [0.2, 0.25) is 0 Å². The summed E-state index contributed by atoms with van der Waals surface area (Å²) in [6.45, 7) is 7.58. The van der Waals surface area contributed by atoms with Crippen LogP contribution in [-0.2, 0) is 10.8 Å². The lowest BCUT2D eigenvalue weighted by Gasteiger charge is -2.39. The molecule has 1 N–H and O–H groups in total. The number of hydrogen-bond donors (Lipinski definition) is 1. The van der Waals surface area contributed by atoms with Gasteiger partial charge in [0.25, 0.3) is 0 Å². The zero-order valence-electron chi connectivity index (χ0n) is 13.1. The molecule has 1 aliphatic rings. The molecule has 21 heavy (non-hydrogen) atoms. The minimum absolute atomic E-state index is 0.109. The maximum Gasteiger partial charge on any atom is 0.123 e. The van der Waals surface area contributed by atoms with E-state index in [0.717, 1.165) is 30.7 Å². The lowest BCUT2D eigenvalue weighted by molar-refractivity contribution is 0.246. The molecule has 0 bridgehead atoms. The highest BCUT2D eigenvalue weighted by atomic mass is 32.2. The molecule has 1 fully saturated rings. The summed E-state index contributed by atoms with van der Waals surface area (Å²) in [5, 5.41) is 3.69. The minimum atomic E-state index is -1.09. The van der Waals surface area contributed by atoms with Gasteiger partial charge in [0.15, 0.2) is 0 Å². The summed E-state index contributed by atoms with van der Waals surface area (Å²) in [7, 11) is -1.09. The van der Waals surface area contributed by atoms with Crippen LogP contribution in [0.2, 0.25) is 0 Å². The first-order valence-electron chi connectivity index (χ1n) is 7.92. The van der Waals surface area contributed by atoms with Crippen LogP contribution in [0.5, 0.6) is 0 Å². The van der Waals surface area contributed by atoms with Crippen LogP contribution in [-0.4, -0.2) is 22.0 Å². The highest BCUT2D eigenvalue weighted by Gasteiger charge is 2.37. The SMILES string of the molecule is CCCNC1CC(C)CC(C)C1S(=O)c1ccc(F)cc1. The largest absolute Gasteiger partial charge is 0.313 e. The molecule has 4 heteroatoms. The van der Waals surface area contributed by atoms with E-state index < -0.39 is 10.8 Å². The Kier molecular flexibility index (Phi) is 5.94. The molecule has 5 atom stereocenters. The van der Waals surface area contributed by atoms with E-state index in [1.807, 2.05) is 0 Å². The van der Waals surface area contributed by atoms with Crippen molar-refractivity contribution < 1.29 is 8.60 Å². The van der Waals surface area contributed by atoms with Gasteiger partial charge in [0.1, 0.15) is 5.82 Å². The van der Waals surface area contributed by atoms with Gasteiger partial charge in [-0.05, 0) is 61.9 Å². The van der Waals surface area contributed by atoms with E-state index in [1.165, 1.54) is 12.1 Å². The molecule has 1 aliphatic carbocycles. The van der Waals surface area contributed by atoms with Crippen LogP contribution in [0.15, 0.2) is 29.2 Å². The fourth-order valence-electron chi connectivity index (χ4n) is 3.44. The van der Waals surface area contributed by atoms with Crippen molar-refractivity contribution >= 4 is 10.8 Å². The Hall–Kier alpha value is -0.740. The number of halogens is 1. The molecule has 0 aliphatic heterocycles. The molecular weight excluding hydrogens is 285 g/mol. The van der Waals surface area contributed by atoms with E-state index in [-0.39, 0.29) is 17.1 Å². The average Bonchev–Trinajstić information content (AvgIpc) is 2.44. The highest BCUT2D eigenvalue weighted by Crippen LogP contribution is 2.34. The van der Waals surface area contributed by atoms with Crippen LogP contribution < -0.4 is 5.32 Å². The summed E-state index contributed by atoms with van der Waals surface area (Å²) in [6, 6.07) is 6.41. The van der Waals surface area contributed by atoms with Crippen LogP contribution in [0.4, 0.5) is 4.39 Å². The van der Waals surface area contributed by atoms with Crippen LogP contribution in [0.3, 0.4) is 0 Å². The Bertz CT molecular complexity index is 476. The standard InChI is InChI=1S/C17H26FNOS/c1-4-9-19-16-11-12(2)10-13(3)17(16)21(20)15-7-5-14(18)6-8-15/h5-8,12-13,16-17,19H,4,9-11H2,1-3H3. The molecule has 0 aromatic heterocycles. The fourth-order valence-corrected chi connectivity index (χ4v) is 5.20. The second-order valence-electron chi connectivity index (χ2n) is 6.33. The molecule has 0 heterocycles. The molecule has 1 aromatic carbocycles. The summed E-state index contributed by atoms with van der Waals surface area (Å²) < 4.78 is 26.0. The van der Waals surface area contributed by atoms with Gasteiger partial charge in [0.05, 0.1) is 16.0 Å². The van der Waals surface area contributed by atoms with Crippen molar-refractivity contribution in [2.45, 2.75) is 56.2 Å².